The first kappa shape index (κ1) is 11.1. The Morgan fingerprint density at radius 1 is 1.50 bits per heavy atom. The Labute approximate surface area is 81.9 Å². The van der Waals surface area contributed by atoms with Gasteiger partial charge in [0, 0.05) is 13.7 Å². The van der Waals surface area contributed by atoms with Crippen LogP contribution in [0.3, 0.4) is 0 Å². The Balaban J connectivity index is 3.07. The fraction of sp³-hybridized carbons (Fsp3) is 0.667. The van der Waals surface area contributed by atoms with Gasteiger partial charge in [0.25, 0.3) is 15.2 Å². The van der Waals surface area contributed by atoms with Crippen LogP contribution in [0.4, 0.5) is 0 Å². The molecule has 2 N–H and O–H groups in total. The highest BCUT2D eigenvalue weighted by molar-refractivity contribution is 7.89. The van der Waals surface area contributed by atoms with Crippen molar-refractivity contribution in [3.05, 3.63) is 5.82 Å². The molecule has 0 fully saturated rings. The molecule has 1 rings (SSSR count). The highest BCUT2D eigenvalue weighted by atomic mass is 32.2. The van der Waals surface area contributed by atoms with Crippen molar-refractivity contribution in [3.8, 4) is 0 Å². The minimum Gasteiger partial charge on any atom is -0.383 e. The van der Waals surface area contributed by atoms with E-state index in [9.17, 15) is 8.42 Å². The molecule has 0 saturated heterocycles. The van der Waals surface area contributed by atoms with E-state index in [0.717, 1.165) is 0 Å². The summed E-state index contributed by atoms with van der Waals surface area (Å²) in [5.41, 5.74) is 0. The second-order valence-electron chi connectivity index (χ2n) is 2.72. The third-order valence-electron chi connectivity index (χ3n) is 1.68. The highest BCUT2D eigenvalue weighted by Gasteiger charge is 2.18. The predicted octanol–water partition coefficient (Wildman–Crippen LogP) is -1.12. The van der Waals surface area contributed by atoms with Crippen LogP contribution in [0, 0.1) is 6.92 Å². The smallest absolute Gasteiger partial charge is 0.273 e. The molecular formula is C6H12N4O3S. The Morgan fingerprint density at radius 2 is 2.14 bits per heavy atom. The lowest BCUT2D eigenvalue weighted by atomic mass is 10.6. The summed E-state index contributed by atoms with van der Waals surface area (Å²) in [7, 11) is -2.29. The molecule has 1 heterocycles. The molecule has 1 aromatic heterocycles. The molecule has 0 unspecified atom stereocenters. The number of nitrogens with zero attached hydrogens (tertiary/aromatic N) is 3. The Hall–Kier alpha value is -0.990. The molecule has 8 heteroatoms. The zero-order valence-corrected chi connectivity index (χ0v) is 8.78. The summed E-state index contributed by atoms with van der Waals surface area (Å²) in [6, 6.07) is 0. The van der Waals surface area contributed by atoms with Gasteiger partial charge in [-0.3, -0.25) is 4.57 Å². The van der Waals surface area contributed by atoms with Crippen LogP contribution in [0.2, 0.25) is 0 Å². The highest BCUT2D eigenvalue weighted by Crippen LogP contribution is 2.05. The lowest BCUT2D eigenvalue weighted by molar-refractivity contribution is 0.184. The molecule has 0 atom stereocenters. The minimum atomic E-state index is -3.81. The number of aromatic nitrogens is 3. The number of methoxy groups -OCH3 is 1. The van der Waals surface area contributed by atoms with Gasteiger partial charge in [-0.2, -0.15) is 0 Å². The fourth-order valence-electron chi connectivity index (χ4n) is 1.01. The molecule has 0 amide bonds. The zero-order valence-electron chi connectivity index (χ0n) is 7.97. The number of aryl methyl sites for hydroxylation is 1. The van der Waals surface area contributed by atoms with E-state index in [0.29, 0.717) is 19.0 Å². The lowest BCUT2D eigenvalue weighted by Gasteiger charge is -2.05. The molecule has 0 aliphatic rings. The number of hydrogen-bond donors (Lipinski definition) is 1. The van der Waals surface area contributed by atoms with Gasteiger partial charge in [-0.25, -0.2) is 13.6 Å². The molecule has 0 radical (unpaired) electrons. The molecule has 7 nitrogen and oxygen atoms in total. The average Bonchev–Trinajstić information content (AvgIpc) is 2.42. The number of primary sulfonamides is 1. The molecule has 0 aliphatic heterocycles. The number of nitrogens with two attached hydrogens (primary N) is 1. The third-order valence-corrected chi connectivity index (χ3v) is 2.49. The van der Waals surface area contributed by atoms with Crippen LogP contribution >= 0.6 is 0 Å². The molecule has 0 spiro atoms. The second kappa shape index (κ2) is 4.03. The predicted molar refractivity (Wildman–Crippen MR) is 48.0 cm³/mol. The van der Waals surface area contributed by atoms with Crippen molar-refractivity contribution in [1.82, 2.24) is 14.8 Å². The van der Waals surface area contributed by atoms with E-state index in [2.05, 4.69) is 10.2 Å². The van der Waals surface area contributed by atoms with Gasteiger partial charge in [0.2, 0.25) is 0 Å². The fourth-order valence-corrected chi connectivity index (χ4v) is 1.70. The zero-order chi connectivity index (χ0) is 10.8. The van der Waals surface area contributed by atoms with E-state index in [1.54, 1.807) is 6.92 Å². The summed E-state index contributed by atoms with van der Waals surface area (Å²) < 4.78 is 28.3. The van der Waals surface area contributed by atoms with Gasteiger partial charge in [0.1, 0.15) is 5.82 Å². The van der Waals surface area contributed by atoms with Gasteiger partial charge >= 0.3 is 0 Å². The molecule has 0 aromatic carbocycles. The van der Waals surface area contributed by atoms with Gasteiger partial charge in [-0.05, 0) is 6.92 Å². The van der Waals surface area contributed by atoms with Crippen LogP contribution in [0.25, 0.3) is 0 Å². The first-order chi connectivity index (χ1) is 6.46. The summed E-state index contributed by atoms with van der Waals surface area (Å²) in [6.45, 7) is 2.39. The van der Waals surface area contributed by atoms with Crippen molar-refractivity contribution < 1.29 is 13.2 Å². The van der Waals surface area contributed by atoms with Gasteiger partial charge in [-0.1, -0.05) is 0 Å². The van der Waals surface area contributed by atoms with E-state index in [1.807, 2.05) is 0 Å². The maximum atomic E-state index is 11.0. The maximum Gasteiger partial charge on any atom is 0.273 e. The Kier molecular flexibility index (Phi) is 3.19. The Bertz CT molecular complexity index is 411. The van der Waals surface area contributed by atoms with Gasteiger partial charge in [0.15, 0.2) is 0 Å². The van der Waals surface area contributed by atoms with Crippen LogP contribution in [0.15, 0.2) is 5.16 Å². The average molecular weight is 220 g/mol. The van der Waals surface area contributed by atoms with E-state index in [-0.39, 0.29) is 5.16 Å². The number of ether oxygens (including phenoxy) is 1. The molecular weight excluding hydrogens is 208 g/mol. The van der Waals surface area contributed by atoms with Crippen molar-refractivity contribution in [2.45, 2.75) is 18.6 Å². The summed E-state index contributed by atoms with van der Waals surface area (Å²) >= 11 is 0. The van der Waals surface area contributed by atoms with E-state index < -0.39 is 10.0 Å². The van der Waals surface area contributed by atoms with Crippen molar-refractivity contribution in [2.24, 2.45) is 5.14 Å². The lowest BCUT2D eigenvalue weighted by Crippen LogP contribution is -2.20. The standard InChI is InChI=1S/C6H12N4O3S/c1-5-8-9-6(14(7,11)12)10(5)3-4-13-2/h3-4H2,1-2H3,(H2,7,11,12). The summed E-state index contributed by atoms with van der Waals surface area (Å²) in [5.74, 6) is 0.492. The number of hydrogen-bond acceptors (Lipinski definition) is 5. The summed E-state index contributed by atoms with van der Waals surface area (Å²) in [4.78, 5) is 0. The minimum absolute atomic E-state index is 0.230. The van der Waals surface area contributed by atoms with Crippen LogP contribution in [-0.2, 0) is 21.3 Å². The monoisotopic (exact) mass is 220 g/mol. The number of rotatable bonds is 4. The van der Waals surface area contributed by atoms with E-state index in [1.165, 1.54) is 11.7 Å². The van der Waals surface area contributed by atoms with Crippen molar-refractivity contribution in [2.75, 3.05) is 13.7 Å². The molecule has 1 aromatic rings. The van der Waals surface area contributed by atoms with Crippen LogP contribution in [-0.4, -0.2) is 36.9 Å². The molecule has 0 aliphatic carbocycles. The molecule has 14 heavy (non-hydrogen) atoms. The first-order valence-electron chi connectivity index (χ1n) is 3.88. The van der Waals surface area contributed by atoms with Gasteiger partial charge in [-0.15, -0.1) is 10.2 Å². The molecule has 0 saturated carbocycles. The third kappa shape index (κ3) is 2.28. The van der Waals surface area contributed by atoms with Crippen LogP contribution in [0.5, 0.6) is 0 Å². The van der Waals surface area contributed by atoms with Crippen LogP contribution in [0.1, 0.15) is 5.82 Å². The van der Waals surface area contributed by atoms with Crippen LogP contribution < -0.4 is 5.14 Å². The van der Waals surface area contributed by atoms with Gasteiger partial charge < -0.3 is 4.74 Å². The molecule has 0 bridgehead atoms. The SMILES string of the molecule is COCCn1c(C)nnc1S(N)(=O)=O. The number of sulfonamides is 1. The maximum absolute atomic E-state index is 11.0. The normalized spacial score (nSPS) is 11.9. The van der Waals surface area contributed by atoms with Gasteiger partial charge in [0.05, 0.1) is 6.61 Å². The summed E-state index contributed by atoms with van der Waals surface area (Å²) in [6.07, 6.45) is 0. The topological polar surface area (TPSA) is 100 Å². The van der Waals surface area contributed by atoms with Crippen molar-refractivity contribution >= 4 is 10.0 Å². The van der Waals surface area contributed by atoms with Crippen molar-refractivity contribution in [1.29, 1.82) is 0 Å². The van der Waals surface area contributed by atoms with Crippen molar-refractivity contribution in [3.63, 3.8) is 0 Å². The quantitative estimate of drug-likeness (QED) is 0.692. The first-order valence-corrected chi connectivity index (χ1v) is 5.43. The molecule has 80 valence electrons. The Morgan fingerprint density at radius 3 is 2.64 bits per heavy atom. The second-order valence-corrected chi connectivity index (χ2v) is 4.17. The summed E-state index contributed by atoms with van der Waals surface area (Å²) in [5, 5.41) is 11.8. The van der Waals surface area contributed by atoms with E-state index in [4.69, 9.17) is 9.88 Å². The largest absolute Gasteiger partial charge is 0.383 e. The van der Waals surface area contributed by atoms with E-state index >= 15 is 0 Å².